The van der Waals surface area contributed by atoms with Gasteiger partial charge >= 0.3 is 0 Å². The van der Waals surface area contributed by atoms with Gasteiger partial charge in [0.2, 0.25) is 0 Å². The van der Waals surface area contributed by atoms with E-state index in [0.29, 0.717) is 0 Å². The second-order valence-corrected chi connectivity index (χ2v) is 6.43. The number of ether oxygens (including phenoxy) is 1. The molecule has 0 N–H and O–H groups in total. The third kappa shape index (κ3) is 11.3. The van der Waals surface area contributed by atoms with Gasteiger partial charge in [-0.15, -0.1) is 0 Å². The number of hydrogen-bond acceptors (Lipinski definition) is 1. The molecule has 23 heavy (non-hydrogen) atoms. The number of aryl methyl sites for hydroxylation is 1. The first-order chi connectivity index (χ1) is 11.3. The molecule has 0 atom stereocenters. The Morgan fingerprint density at radius 2 is 1.26 bits per heavy atom. The number of benzene rings is 1. The summed E-state index contributed by atoms with van der Waals surface area (Å²) in [5.74, 6) is -0.0474. The van der Waals surface area contributed by atoms with Crippen LogP contribution in [0.1, 0.15) is 83.1 Å². The zero-order valence-corrected chi connectivity index (χ0v) is 15.0. The Labute approximate surface area is 142 Å². The van der Waals surface area contributed by atoms with Crippen LogP contribution in [0, 0.1) is 5.82 Å². The van der Waals surface area contributed by atoms with E-state index in [2.05, 4.69) is 6.92 Å². The smallest absolute Gasteiger partial charge is 0.126 e. The van der Waals surface area contributed by atoms with E-state index in [-0.39, 0.29) is 5.82 Å². The van der Waals surface area contributed by atoms with Gasteiger partial charge in [-0.2, -0.15) is 0 Å². The lowest BCUT2D eigenvalue weighted by Gasteiger charge is -2.04. The largest absolute Gasteiger partial charge is 0.382 e. The van der Waals surface area contributed by atoms with E-state index in [1.165, 1.54) is 64.2 Å². The maximum Gasteiger partial charge on any atom is 0.126 e. The minimum absolute atomic E-state index is 0.0474. The SMILES string of the molecule is CCOCCCCCCCCCCCCCc1ccccc1F. The molecule has 132 valence electrons. The van der Waals surface area contributed by atoms with E-state index >= 15 is 0 Å². The summed E-state index contributed by atoms with van der Waals surface area (Å²) in [7, 11) is 0. The lowest BCUT2D eigenvalue weighted by Crippen LogP contribution is -1.93. The highest BCUT2D eigenvalue weighted by molar-refractivity contribution is 5.17. The van der Waals surface area contributed by atoms with Crippen molar-refractivity contribution in [2.45, 2.75) is 84.0 Å². The van der Waals surface area contributed by atoms with Crippen molar-refractivity contribution in [1.82, 2.24) is 0 Å². The van der Waals surface area contributed by atoms with Crippen LogP contribution in [-0.2, 0) is 11.2 Å². The fourth-order valence-corrected chi connectivity index (χ4v) is 2.96. The van der Waals surface area contributed by atoms with Crippen molar-refractivity contribution in [1.29, 1.82) is 0 Å². The molecule has 1 rings (SSSR count). The van der Waals surface area contributed by atoms with E-state index in [1.807, 2.05) is 12.1 Å². The van der Waals surface area contributed by atoms with Crippen molar-refractivity contribution >= 4 is 0 Å². The van der Waals surface area contributed by atoms with E-state index in [1.54, 1.807) is 12.1 Å². The average molecular weight is 323 g/mol. The summed E-state index contributed by atoms with van der Waals surface area (Å²) in [6, 6.07) is 7.16. The first kappa shape index (κ1) is 20.2. The summed E-state index contributed by atoms with van der Waals surface area (Å²) in [6.07, 6.45) is 15.2. The first-order valence-corrected chi connectivity index (χ1v) is 9.65. The number of unbranched alkanes of at least 4 members (excludes halogenated alkanes) is 10. The summed E-state index contributed by atoms with van der Waals surface area (Å²) in [5, 5.41) is 0. The van der Waals surface area contributed by atoms with Gasteiger partial charge in [0.25, 0.3) is 0 Å². The van der Waals surface area contributed by atoms with Crippen molar-refractivity contribution in [2.75, 3.05) is 13.2 Å². The molecule has 0 aliphatic rings. The normalized spacial score (nSPS) is 11.0. The van der Waals surface area contributed by atoms with E-state index < -0.39 is 0 Å². The molecule has 0 saturated heterocycles. The molecule has 0 aliphatic heterocycles. The molecule has 0 spiro atoms. The molecule has 1 aromatic carbocycles. The second kappa shape index (κ2) is 14.7. The van der Waals surface area contributed by atoms with Crippen LogP contribution in [0.4, 0.5) is 4.39 Å². The zero-order valence-electron chi connectivity index (χ0n) is 15.0. The van der Waals surface area contributed by atoms with Gasteiger partial charge in [-0.25, -0.2) is 4.39 Å². The molecule has 0 saturated carbocycles. The van der Waals surface area contributed by atoms with Gasteiger partial charge < -0.3 is 4.74 Å². The summed E-state index contributed by atoms with van der Waals surface area (Å²) < 4.78 is 18.8. The molecule has 0 unspecified atom stereocenters. The van der Waals surface area contributed by atoms with E-state index in [4.69, 9.17) is 4.74 Å². The maximum absolute atomic E-state index is 13.4. The average Bonchev–Trinajstić information content (AvgIpc) is 2.57. The molecule has 1 nitrogen and oxygen atoms in total. The quantitative estimate of drug-likeness (QED) is 0.327. The summed E-state index contributed by atoms with van der Waals surface area (Å²) in [4.78, 5) is 0. The van der Waals surface area contributed by atoms with Crippen LogP contribution in [0.25, 0.3) is 0 Å². The van der Waals surface area contributed by atoms with Crippen LogP contribution in [0.15, 0.2) is 24.3 Å². The Balaban J connectivity index is 1.79. The molecule has 0 heterocycles. The van der Waals surface area contributed by atoms with Gasteiger partial charge in [-0.05, 0) is 37.8 Å². The van der Waals surface area contributed by atoms with Gasteiger partial charge in [0.15, 0.2) is 0 Å². The number of halogens is 1. The fraction of sp³-hybridized carbons (Fsp3) is 0.714. The summed E-state index contributed by atoms with van der Waals surface area (Å²) in [6.45, 7) is 3.84. The Morgan fingerprint density at radius 1 is 0.739 bits per heavy atom. The van der Waals surface area contributed by atoms with E-state index in [9.17, 15) is 4.39 Å². The van der Waals surface area contributed by atoms with Crippen molar-refractivity contribution in [3.05, 3.63) is 35.6 Å². The van der Waals surface area contributed by atoms with E-state index in [0.717, 1.165) is 31.6 Å². The van der Waals surface area contributed by atoms with Gasteiger partial charge in [0.1, 0.15) is 5.82 Å². The Bertz CT molecular complexity index is 378. The highest BCUT2D eigenvalue weighted by Gasteiger charge is 2.00. The maximum atomic E-state index is 13.4. The minimum Gasteiger partial charge on any atom is -0.382 e. The van der Waals surface area contributed by atoms with Crippen LogP contribution < -0.4 is 0 Å². The predicted octanol–water partition coefficient (Wildman–Crippen LogP) is 6.70. The van der Waals surface area contributed by atoms with Gasteiger partial charge in [0, 0.05) is 13.2 Å². The molecule has 1 aromatic rings. The van der Waals surface area contributed by atoms with Gasteiger partial charge in [-0.1, -0.05) is 76.0 Å². The minimum atomic E-state index is -0.0474. The number of hydrogen-bond donors (Lipinski definition) is 0. The number of rotatable bonds is 15. The van der Waals surface area contributed by atoms with Crippen LogP contribution in [0.2, 0.25) is 0 Å². The molecule has 0 aliphatic carbocycles. The molecule has 0 radical (unpaired) electrons. The Hall–Kier alpha value is -0.890. The predicted molar refractivity (Wildman–Crippen MR) is 97.4 cm³/mol. The Kier molecular flexibility index (Phi) is 12.9. The van der Waals surface area contributed by atoms with Gasteiger partial charge in [-0.3, -0.25) is 0 Å². The monoisotopic (exact) mass is 322 g/mol. The van der Waals surface area contributed by atoms with Crippen LogP contribution in [0.5, 0.6) is 0 Å². The topological polar surface area (TPSA) is 9.23 Å². The second-order valence-electron chi connectivity index (χ2n) is 6.43. The van der Waals surface area contributed by atoms with Gasteiger partial charge in [0.05, 0.1) is 0 Å². The van der Waals surface area contributed by atoms with Crippen molar-refractivity contribution in [3.63, 3.8) is 0 Å². The third-order valence-electron chi connectivity index (χ3n) is 4.40. The summed E-state index contributed by atoms with van der Waals surface area (Å²) >= 11 is 0. The lowest BCUT2D eigenvalue weighted by atomic mass is 10.0. The third-order valence-corrected chi connectivity index (χ3v) is 4.40. The molecule has 0 fully saturated rings. The highest BCUT2D eigenvalue weighted by Crippen LogP contribution is 2.14. The van der Waals surface area contributed by atoms with Crippen molar-refractivity contribution in [2.24, 2.45) is 0 Å². The standard InChI is InChI=1S/C21H35FO/c1-2-23-19-15-11-9-7-5-3-4-6-8-10-12-16-20-17-13-14-18-21(20)22/h13-14,17-18H,2-12,15-16,19H2,1H3. The molecule has 0 bridgehead atoms. The Morgan fingerprint density at radius 3 is 1.83 bits per heavy atom. The molecule has 2 heteroatoms. The highest BCUT2D eigenvalue weighted by atomic mass is 19.1. The molecule has 0 aromatic heterocycles. The zero-order chi connectivity index (χ0) is 16.6. The first-order valence-electron chi connectivity index (χ1n) is 9.65. The van der Waals surface area contributed by atoms with Crippen molar-refractivity contribution < 1.29 is 9.13 Å². The fourth-order valence-electron chi connectivity index (χ4n) is 2.96. The summed E-state index contributed by atoms with van der Waals surface area (Å²) in [5.41, 5.74) is 0.872. The molecular formula is C21H35FO. The van der Waals surface area contributed by atoms with Crippen LogP contribution in [0.3, 0.4) is 0 Å². The van der Waals surface area contributed by atoms with Crippen LogP contribution >= 0.6 is 0 Å². The lowest BCUT2D eigenvalue weighted by molar-refractivity contribution is 0.143. The molecular weight excluding hydrogens is 287 g/mol. The van der Waals surface area contributed by atoms with Crippen LogP contribution in [-0.4, -0.2) is 13.2 Å². The molecule has 0 amide bonds. The van der Waals surface area contributed by atoms with Crippen molar-refractivity contribution in [3.8, 4) is 0 Å².